The number of pyridine rings is 1. The van der Waals surface area contributed by atoms with Crippen LogP contribution in [0.3, 0.4) is 0 Å². The third-order valence-electron chi connectivity index (χ3n) is 8.60. The molecular formula is C33H33Cl2N5O6. The zero-order valence-electron chi connectivity index (χ0n) is 25.5. The Kier molecular flexibility index (Phi) is 9.04. The maximum atomic E-state index is 13.1. The van der Waals surface area contributed by atoms with Gasteiger partial charge in [0.2, 0.25) is 5.88 Å². The van der Waals surface area contributed by atoms with Crippen molar-refractivity contribution in [3.63, 3.8) is 0 Å². The van der Waals surface area contributed by atoms with Gasteiger partial charge in [0, 0.05) is 61.2 Å². The van der Waals surface area contributed by atoms with Gasteiger partial charge in [-0.15, -0.1) is 0 Å². The van der Waals surface area contributed by atoms with E-state index in [0.29, 0.717) is 46.5 Å². The molecule has 0 bridgehead atoms. The number of aliphatic hydroxyl groups excluding tert-OH is 1. The number of methoxy groups -OCH3 is 1. The van der Waals surface area contributed by atoms with Crippen molar-refractivity contribution in [1.82, 2.24) is 19.4 Å². The largest absolute Gasteiger partial charge is 0.481 e. The molecule has 6 rings (SSSR count). The first-order chi connectivity index (χ1) is 22.1. The fourth-order valence-electron chi connectivity index (χ4n) is 6.17. The van der Waals surface area contributed by atoms with Crippen LogP contribution in [0.1, 0.15) is 40.4 Å². The van der Waals surface area contributed by atoms with Gasteiger partial charge < -0.3 is 29.8 Å². The van der Waals surface area contributed by atoms with Gasteiger partial charge in [0.05, 0.1) is 41.2 Å². The SMILES string of the molecule is COc1nc(-c2cccc(-c3cccc(NC(=O)c4cn(C)c(=O)n(C)c4=O)c3Cl)c2Cl)cc2c1[C@@H](N[C@@H]1CCOC[C@@H]1O)CC2. The molecule has 3 heterocycles. The smallest absolute Gasteiger partial charge is 0.330 e. The Hall–Kier alpha value is -4.00. The van der Waals surface area contributed by atoms with Crippen LogP contribution in [0.4, 0.5) is 5.69 Å². The summed E-state index contributed by atoms with van der Waals surface area (Å²) in [5.74, 6) is -0.207. The molecule has 2 aromatic heterocycles. The van der Waals surface area contributed by atoms with Crippen molar-refractivity contribution in [2.45, 2.75) is 37.5 Å². The van der Waals surface area contributed by atoms with Crippen molar-refractivity contribution in [2.24, 2.45) is 14.1 Å². The number of fused-ring (bicyclic) bond motifs is 1. The summed E-state index contributed by atoms with van der Waals surface area (Å²) in [4.78, 5) is 42.6. The first-order valence-corrected chi connectivity index (χ1v) is 15.6. The molecule has 0 unspecified atom stereocenters. The number of halogens is 2. The molecule has 0 spiro atoms. The summed E-state index contributed by atoms with van der Waals surface area (Å²) in [6.45, 7) is 0.917. The van der Waals surface area contributed by atoms with E-state index in [4.69, 9.17) is 37.7 Å². The van der Waals surface area contributed by atoms with Gasteiger partial charge >= 0.3 is 5.69 Å². The Morgan fingerprint density at radius 2 is 1.78 bits per heavy atom. The minimum atomic E-state index is -0.718. The highest BCUT2D eigenvalue weighted by Crippen LogP contribution is 2.44. The average molecular weight is 667 g/mol. The second-order valence-electron chi connectivity index (χ2n) is 11.5. The molecule has 1 amide bonds. The lowest BCUT2D eigenvalue weighted by molar-refractivity contribution is -0.0304. The number of carbonyl (C=O) groups excluding carboxylic acids is 1. The number of nitrogens with one attached hydrogen (secondary N) is 2. The molecule has 1 aliphatic carbocycles. The van der Waals surface area contributed by atoms with E-state index in [1.165, 1.54) is 20.3 Å². The molecule has 13 heteroatoms. The van der Waals surface area contributed by atoms with Gasteiger partial charge in [-0.2, -0.15) is 0 Å². The Bertz CT molecular complexity index is 1960. The van der Waals surface area contributed by atoms with E-state index >= 15 is 0 Å². The minimum absolute atomic E-state index is 0.0104. The van der Waals surface area contributed by atoms with E-state index < -0.39 is 23.3 Å². The van der Waals surface area contributed by atoms with Gasteiger partial charge in [-0.3, -0.25) is 14.2 Å². The number of hydrogen-bond donors (Lipinski definition) is 3. The highest BCUT2D eigenvalue weighted by Gasteiger charge is 2.33. The van der Waals surface area contributed by atoms with E-state index in [1.807, 2.05) is 24.3 Å². The number of anilines is 1. The van der Waals surface area contributed by atoms with Crippen molar-refractivity contribution in [1.29, 1.82) is 0 Å². The minimum Gasteiger partial charge on any atom is -0.481 e. The molecule has 2 aromatic carbocycles. The molecule has 240 valence electrons. The van der Waals surface area contributed by atoms with Gasteiger partial charge in [0.1, 0.15) is 5.56 Å². The third kappa shape index (κ3) is 5.85. The van der Waals surface area contributed by atoms with Gasteiger partial charge in [-0.1, -0.05) is 53.5 Å². The van der Waals surface area contributed by atoms with Gasteiger partial charge in [-0.05, 0) is 37.0 Å². The maximum absolute atomic E-state index is 13.1. The summed E-state index contributed by atoms with van der Waals surface area (Å²) in [5, 5.41) is 17.3. The topological polar surface area (TPSA) is 137 Å². The summed E-state index contributed by atoms with van der Waals surface area (Å²) < 4.78 is 13.2. The number of carbonyl (C=O) groups is 1. The molecule has 0 saturated carbocycles. The third-order valence-corrected chi connectivity index (χ3v) is 9.41. The van der Waals surface area contributed by atoms with Crippen molar-refractivity contribution in [2.75, 3.05) is 25.6 Å². The number of aryl methyl sites for hydroxylation is 2. The summed E-state index contributed by atoms with van der Waals surface area (Å²) in [7, 11) is 4.36. The van der Waals surface area contributed by atoms with Gasteiger partial charge in [0.15, 0.2) is 0 Å². The standard InChI is InChI=1S/C33H33Cl2N5O6/c1-39-15-21(32(43)40(2)33(39)44)30(42)37-24-9-5-7-19(29(24)35)18-6-4-8-20(28(18)34)25-14-17-10-11-23(27(17)31(38-25)45-3)36-22-12-13-46-16-26(22)41/h4-9,14-15,22-23,26,36,41H,10-13,16H2,1-3H3,(H,37,42)/t22-,23+,26+/m1/s1. The molecule has 1 aliphatic heterocycles. The second kappa shape index (κ2) is 13.0. The molecule has 11 nitrogen and oxygen atoms in total. The number of benzene rings is 2. The normalized spacial score (nSPS) is 19.1. The van der Waals surface area contributed by atoms with E-state index in [0.717, 1.165) is 39.5 Å². The van der Waals surface area contributed by atoms with Crippen LogP contribution < -0.4 is 26.6 Å². The van der Waals surface area contributed by atoms with E-state index in [1.54, 1.807) is 25.3 Å². The lowest BCUT2D eigenvalue weighted by atomic mass is 9.99. The number of amides is 1. The van der Waals surface area contributed by atoms with Crippen molar-refractivity contribution in [3.05, 3.63) is 96.2 Å². The molecule has 3 N–H and O–H groups in total. The molecule has 46 heavy (non-hydrogen) atoms. The summed E-state index contributed by atoms with van der Waals surface area (Å²) in [6.07, 6.45) is 3.00. The Morgan fingerprint density at radius 1 is 1.07 bits per heavy atom. The highest BCUT2D eigenvalue weighted by atomic mass is 35.5. The van der Waals surface area contributed by atoms with Crippen LogP contribution in [0.2, 0.25) is 10.0 Å². The summed E-state index contributed by atoms with van der Waals surface area (Å²) in [5.41, 5.74) is 3.38. The molecular weight excluding hydrogens is 633 g/mol. The van der Waals surface area contributed by atoms with Gasteiger partial charge in [0.25, 0.3) is 11.5 Å². The monoisotopic (exact) mass is 665 g/mol. The first-order valence-electron chi connectivity index (χ1n) is 14.8. The number of rotatable bonds is 7. The van der Waals surface area contributed by atoms with Crippen LogP contribution in [0.25, 0.3) is 22.4 Å². The van der Waals surface area contributed by atoms with Crippen molar-refractivity contribution in [3.8, 4) is 28.3 Å². The summed E-state index contributed by atoms with van der Waals surface area (Å²) >= 11 is 13.9. The molecule has 2 aliphatic rings. The average Bonchev–Trinajstić information content (AvgIpc) is 3.46. The predicted octanol–water partition coefficient (Wildman–Crippen LogP) is 4.11. The van der Waals surface area contributed by atoms with E-state index in [2.05, 4.69) is 10.6 Å². The zero-order chi connectivity index (χ0) is 32.7. The fraction of sp³-hybridized carbons (Fsp3) is 0.333. The summed E-state index contributed by atoms with van der Waals surface area (Å²) in [6, 6.07) is 12.6. The van der Waals surface area contributed by atoms with Crippen molar-refractivity contribution < 1.29 is 19.4 Å². The number of ether oxygens (including phenoxy) is 2. The Morgan fingerprint density at radius 3 is 2.52 bits per heavy atom. The van der Waals surface area contributed by atoms with Crippen LogP contribution in [-0.4, -0.2) is 57.6 Å². The van der Waals surface area contributed by atoms with E-state index in [9.17, 15) is 19.5 Å². The number of aromatic nitrogens is 3. The lowest BCUT2D eigenvalue weighted by Crippen LogP contribution is -2.47. The highest BCUT2D eigenvalue weighted by molar-refractivity contribution is 6.39. The molecule has 0 radical (unpaired) electrons. The van der Waals surface area contributed by atoms with Crippen LogP contribution in [0.15, 0.2) is 58.3 Å². The Labute approximate surface area is 274 Å². The number of hydrogen-bond acceptors (Lipinski definition) is 8. The van der Waals surface area contributed by atoms with Crippen LogP contribution in [0.5, 0.6) is 5.88 Å². The van der Waals surface area contributed by atoms with Crippen LogP contribution in [-0.2, 0) is 25.3 Å². The Balaban J connectivity index is 1.31. The molecule has 1 saturated heterocycles. The maximum Gasteiger partial charge on any atom is 0.330 e. The predicted molar refractivity (Wildman–Crippen MR) is 176 cm³/mol. The molecule has 4 aromatic rings. The van der Waals surface area contributed by atoms with Crippen LogP contribution >= 0.6 is 23.2 Å². The fourth-order valence-corrected chi connectivity index (χ4v) is 6.77. The first kappa shape index (κ1) is 32.0. The second-order valence-corrected chi connectivity index (χ2v) is 12.2. The number of nitrogens with zero attached hydrogens (tertiary/aromatic N) is 3. The van der Waals surface area contributed by atoms with E-state index in [-0.39, 0.29) is 28.4 Å². The van der Waals surface area contributed by atoms with Crippen molar-refractivity contribution >= 4 is 34.8 Å². The molecule has 1 fully saturated rings. The number of aliphatic hydroxyl groups is 1. The lowest BCUT2D eigenvalue weighted by Gasteiger charge is -2.31. The molecule has 3 atom stereocenters. The zero-order valence-corrected chi connectivity index (χ0v) is 27.0. The van der Waals surface area contributed by atoms with Crippen LogP contribution in [0, 0.1) is 0 Å². The van der Waals surface area contributed by atoms with Gasteiger partial charge in [-0.25, -0.2) is 9.78 Å². The quantitative estimate of drug-likeness (QED) is 0.268.